The number of carbonyl (C=O) groups excluding carboxylic acids is 1. The molecule has 1 amide bonds. The fourth-order valence-electron chi connectivity index (χ4n) is 2.82. The first-order valence-corrected chi connectivity index (χ1v) is 9.94. The number of halogens is 1. The van der Waals surface area contributed by atoms with E-state index >= 15 is 0 Å². The van der Waals surface area contributed by atoms with Crippen molar-refractivity contribution in [1.82, 2.24) is 10.2 Å². The lowest BCUT2D eigenvalue weighted by Gasteiger charge is -2.17. The Kier molecular flexibility index (Phi) is 9.11. The van der Waals surface area contributed by atoms with E-state index in [1.54, 1.807) is 12.1 Å². The lowest BCUT2D eigenvalue weighted by atomic mass is 10.2. The maximum Gasteiger partial charge on any atom is 0.251 e. The average Bonchev–Trinajstić information content (AvgIpc) is 2.70. The van der Waals surface area contributed by atoms with Crippen LogP contribution in [0.5, 0.6) is 11.5 Å². The minimum absolute atomic E-state index is 0.173. The molecule has 6 heteroatoms. The number of ether oxygens (including phenoxy) is 2. The van der Waals surface area contributed by atoms with Crippen molar-refractivity contribution in [1.29, 1.82) is 0 Å². The molecule has 28 heavy (non-hydrogen) atoms. The normalized spacial score (nSPS) is 10.8. The average molecular weight is 405 g/mol. The van der Waals surface area contributed by atoms with Crippen molar-refractivity contribution in [3.05, 3.63) is 58.6 Å². The Morgan fingerprint density at radius 1 is 1.21 bits per heavy atom. The number of amides is 1. The van der Waals surface area contributed by atoms with Crippen molar-refractivity contribution in [2.24, 2.45) is 0 Å². The summed E-state index contributed by atoms with van der Waals surface area (Å²) in [6.07, 6.45) is 1.72. The predicted octanol–water partition coefficient (Wildman–Crippen LogP) is 4.39. The maximum atomic E-state index is 12.4. The maximum absolute atomic E-state index is 12.4. The molecule has 0 fully saturated rings. The Bertz CT molecular complexity index is 753. The lowest BCUT2D eigenvalue weighted by molar-refractivity contribution is 0.0951. The van der Waals surface area contributed by atoms with Crippen LogP contribution in [0.3, 0.4) is 0 Å². The van der Waals surface area contributed by atoms with Crippen molar-refractivity contribution in [2.45, 2.75) is 26.3 Å². The van der Waals surface area contributed by atoms with Crippen LogP contribution in [0.1, 0.15) is 35.7 Å². The second-order valence-electron chi connectivity index (χ2n) is 6.67. The van der Waals surface area contributed by atoms with E-state index in [0.717, 1.165) is 25.9 Å². The van der Waals surface area contributed by atoms with Gasteiger partial charge < -0.3 is 19.7 Å². The van der Waals surface area contributed by atoms with Gasteiger partial charge in [-0.1, -0.05) is 48.9 Å². The number of hydrogen-bond donors (Lipinski definition) is 1. The quantitative estimate of drug-likeness (QED) is 0.564. The first kappa shape index (κ1) is 22.1. The van der Waals surface area contributed by atoms with Gasteiger partial charge in [0.15, 0.2) is 11.5 Å². The number of nitrogens with one attached hydrogen (secondary N) is 1. The van der Waals surface area contributed by atoms with Gasteiger partial charge in [0, 0.05) is 18.7 Å². The second-order valence-corrected chi connectivity index (χ2v) is 7.08. The van der Waals surface area contributed by atoms with Crippen LogP contribution < -0.4 is 14.8 Å². The van der Waals surface area contributed by atoms with E-state index in [9.17, 15) is 4.79 Å². The molecule has 0 unspecified atom stereocenters. The molecule has 1 N–H and O–H groups in total. The molecule has 0 bridgehead atoms. The summed E-state index contributed by atoms with van der Waals surface area (Å²) in [5, 5.41) is 3.31. The Labute approximate surface area is 172 Å². The fourth-order valence-corrected chi connectivity index (χ4v) is 3.09. The standard InChI is InChI=1S/C22H29ClN2O3/c1-4-13-28-21-19(23)14-18(15-20(21)27-3)22(26)24-11-8-12-25(2)16-17-9-6-5-7-10-17/h5-7,9-10,14-15H,4,8,11-13,16H2,1-3H3,(H,24,26). The molecular formula is C22H29ClN2O3. The van der Waals surface area contributed by atoms with Gasteiger partial charge >= 0.3 is 0 Å². The van der Waals surface area contributed by atoms with Gasteiger partial charge in [0.2, 0.25) is 0 Å². The summed E-state index contributed by atoms with van der Waals surface area (Å²) in [7, 11) is 3.61. The molecule has 0 aliphatic carbocycles. The Morgan fingerprint density at radius 3 is 2.64 bits per heavy atom. The summed E-state index contributed by atoms with van der Waals surface area (Å²) in [6.45, 7) is 4.92. The molecule has 0 heterocycles. The monoisotopic (exact) mass is 404 g/mol. The summed E-state index contributed by atoms with van der Waals surface area (Å²) < 4.78 is 11.0. The largest absolute Gasteiger partial charge is 0.493 e. The molecule has 0 aliphatic rings. The molecule has 0 spiro atoms. The van der Waals surface area contributed by atoms with Crippen LogP contribution in [-0.4, -0.2) is 44.7 Å². The van der Waals surface area contributed by atoms with Crippen LogP contribution in [0.25, 0.3) is 0 Å². The van der Waals surface area contributed by atoms with E-state index in [-0.39, 0.29) is 5.91 Å². The summed E-state index contributed by atoms with van der Waals surface area (Å²) >= 11 is 6.28. The van der Waals surface area contributed by atoms with Crippen LogP contribution in [-0.2, 0) is 6.54 Å². The van der Waals surface area contributed by atoms with Gasteiger partial charge in [-0.3, -0.25) is 4.79 Å². The van der Waals surface area contributed by atoms with Gasteiger partial charge in [-0.05, 0) is 44.1 Å². The molecule has 2 aromatic rings. The lowest BCUT2D eigenvalue weighted by Crippen LogP contribution is -2.28. The molecule has 0 saturated carbocycles. The Morgan fingerprint density at radius 2 is 1.96 bits per heavy atom. The van der Waals surface area contributed by atoms with Crippen LogP contribution in [0.15, 0.2) is 42.5 Å². The van der Waals surface area contributed by atoms with Crippen molar-refractivity contribution < 1.29 is 14.3 Å². The van der Waals surface area contributed by atoms with E-state index in [1.165, 1.54) is 12.7 Å². The summed E-state index contributed by atoms with van der Waals surface area (Å²) in [6, 6.07) is 13.6. The van der Waals surface area contributed by atoms with Gasteiger partial charge in [0.05, 0.1) is 18.7 Å². The summed E-state index contributed by atoms with van der Waals surface area (Å²) in [4.78, 5) is 14.7. The van der Waals surface area contributed by atoms with E-state index in [4.69, 9.17) is 21.1 Å². The number of rotatable bonds is 11. The Hall–Kier alpha value is -2.24. The zero-order valence-corrected chi connectivity index (χ0v) is 17.6. The molecule has 0 saturated heterocycles. The summed E-state index contributed by atoms with van der Waals surface area (Å²) in [5.41, 5.74) is 1.74. The van der Waals surface area contributed by atoms with Crippen molar-refractivity contribution in [3.8, 4) is 11.5 Å². The molecule has 152 valence electrons. The SMILES string of the molecule is CCCOc1c(Cl)cc(C(=O)NCCCN(C)Cc2ccccc2)cc1OC. The third-order valence-electron chi connectivity index (χ3n) is 4.24. The highest BCUT2D eigenvalue weighted by Crippen LogP contribution is 2.36. The molecule has 5 nitrogen and oxygen atoms in total. The zero-order chi connectivity index (χ0) is 20.4. The number of benzene rings is 2. The molecular weight excluding hydrogens is 376 g/mol. The number of methoxy groups -OCH3 is 1. The van der Waals surface area contributed by atoms with Crippen molar-refractivity contribution >= 4 is 17.5 Å². The first-order valence-electron chi connectivity index (χ1n) is 9.56. The fraction of sp³-hybridized carbons (Fsp3) is 0.409. The minimum atomic E-state index is -0.173. The number of hydrogen-bond acceptors (Lipinski definition) is 4. The van der Waals surface area contributed by atoms with Gasteiger partial charge in [0.25, 0.3) is 5.91 Å². The van der Waals surface area contributed by atoms with E-state index in [1.807, 2.05) is 25.1 Å². The molecule has 0 radical (unpaired) electrons. The highest BCUT2D eigenvalue weighted by molar-refractivity contribution is 6.32. The molecule has 2 rings (SSSR count). The van der Waals surface area contributed by atoms with Crippen LogP contribution in [0, 0.1) is 0 Å². The number of nitrogens with zero attached hydrogens (tertiary/aromatic N) is 1. The zero-order valence-electron chi connectivity index (χ0n) is 16.8. The smallest absolute Gasteiger partial charge is 0.251 e. The Balaban J connectivity index is 1.83. The second kappa shape index (κ2) is 11.6. The molecule has 0 aromatic heterocycles. The third kappa shape index (κ3) is 6.73. The highest BCUT2D eigenvalue weighted by atomic mass is 35.5. The third-order valence-corrected chi connectivity index (χ3v) is 4.52. The van der Waals surface area contributed by atoms with Crippen LogP contribution in [0.2, 0.25) is 5.02 Å². The first-order chi connectivity index (χ1) is 13.5. The molecule has 0 atom stereocenters. The van der Waals surface area contributed by atoms with Crippen molar-refractivity contribution in [2.75, 3.05) is 33.9 Å². The van der Waals surface area contributed by atoms with Gasteiger partial charge in [0.1, 0.15) is 0 Å². The predicted molar refractivity (Wildman–Crippen MR) is 114 cm³/mol. The molecule has 2 aromatic carbocycles. The van der Waals surface area contributed by atoms with Crippen LogP contribution in [0.4, 0.5) is 0 Å². The minimum Gasteiger partial charge on any atom is -0.493 e. The number of carbonyl (C=O) groups is 1. The topological polar surface area (TPSA) is 50.8 Å². The van der Waals surface area contributed by atoms with E-state index in [2.05, 4.69) is 29.4 Å². The van der Waals surface area contributed by atoms with Gasteiger partial charge in [-0.25, -0.2) is 0 Å². The summed E-state index contributed by atoms with van der Waals surface area (Å²) in [5.74, 6) is 0.770. The highest BCUT2D eigenvalue weighted by Gasteiger charge is 2.15. The van der Waals surface area contributed by atoms with Gasteiger partial charge in [-0.15, -0.1) is 0 Å². The van der Waals surface area contributed by atoms with Gasteiger partial charge in [-0.2, -0.15) is 0 Å². The van der Waals surface area contributed by atoms with E-state index in [0.29, 0.717) is 35.2 Å². The van der Waals surface area contributed by atoms with E-state index < -0.39 is 0 Å². The molecule has 0 aliphatic heterocycles. The van der Waals surface area contributed by atoms with Crippen LogP contribution >= 0.6 is 11.6 Å². The van der Waals surface area contributed by atoms with Crippen molar-refractivity contribution in [3.63, 3.8) is 0 Å².